The van der Waals surface area contributed by atoms with Crippen LogP contribution in [0.1, 0.15) is 37.3 Å². The van der Waals surface area contributed by atoms with Crippen LogP contribution in [-0.2, 0) is 13.0 Å². The van der Waals surface area contributed by atoms with Gasteiger partial charge in [0.2, 0.25) is 0 Å². The maximum Gasteiger partial charge on any atom is 0.126 e. The Labute approximate surface area is 106 Å². The summed E-state index contributed by atoms with van der Waals surface area (Å²) in [5.41, 5.74) is 8.05. The van der Waals surface area contributed by atoms with Crippen molar-refractivity contribution in [2.24, 2.45) is 5.73 Å². The van der Waals surface area contributed by atoms with Crippen molar-refractivity contribution in [3.63, 3.8) is 0 Å². The molecule has 1 rings (SSSR count). The smallest absolute Gasteiger partial charge is 0.126 e. The Balaban J connectivity index is 2.91. The van der Waals surface area contributed by atoms with E-state index in [-0.39, 0.29) is 0 Å². The van der Waals surface area contributed by atoms with Gasteiger partial charge in [0.25, 0.3) is 0 Å². The van der Waals surface area contributed by atoms with E-state index in [1.807, 2.05) is 6.07 Å². The summed E-state index contributed by atoms with van der Waals surface area (Å²) in [5, 5.41) is 0. The average molecular weight is 286 g/mol. The van der Waals surface area contributed by atoms with E-state index in [1.54, 1.807) is 7.11 Å². The van der Waals surface area contributed by atoms with Crippen molar-refractivity contribution in [3.05, 3.63) is 27.7 Å². The van der Waals surface area contributed by atoms with Gasteiger partial charge in [-0.3, -0.25) is 0 Å². The van der Waals surface area contributed by atoms with Crippen LogP contribution < -0.4 is 10.5 Å². The van der Waals surface area contributed by atoms with Gasteiger partial charge in [-0.2, -0.15) is 0 Å². The van der Waals surface area contributed by atoms with Gasteiger partial charge in [0.1, 0.15) is 5.75 Å². The molecule has 90 valence electrons. The van der Waals surface area contributed by atoms with E-state index >= 15 is 0 Å². The van der Waals surface area contributed by atoms with E-state index in [1.165, 1.54) is 24.8 Å². The number of rotatable bonds is 6. The Hall–Kier alpha value is -0.540. The van der Waals surface area contributed by atoms with Crippen molar-refractivity contribution in [2.75, 3.05) is 7.11 Å². The lowest BCUT2D eigenvalue weighted by atomic mass is 10.0. The van der Waals surface area contributed by atoms with E-state index in [9.17, 15) is 0 Å². The molecule has 2 nitrogen and oxygen atoms in total. The highest BCUT2D eigenvalue weighted by Crippen LogP contribution is 2.29. The van der Waals surface area contributed by atoms with Crippen LogP contribution in [0.4, 0.5) is 0 Å². The zero-order valence-corrected chi connectivity index (χ0v) is 11.6. The van der Waals surface area contributed by atoms with E-state index < -0.39 is 0 Å². The van der Waals surface area contributed by atoms with Crippen molar-refractivity contribution in [3.8, 4) is 5.75 Å². The first-order valence-electron chi connectivity index (χ1n) is 5.78. The largest absolute Gasteiger partial charge is 0.496 e. The standard InChI is InChI=1S/C13H20BrNO/c1-3-4-5-6-10-7-12(14)8-11(9-15)13(10)16-2/h7-8H,3-6,9,15H2,1-2H3. The predicted octanol–water partition coefficient (Wildman–Crippen LogP) is 3.65. The Bertz CT molecular complexity index is 339. The molecule has 0 unspecified atom stereocenters. The Morgan fingerprint density at radius 3 is 2.50 bits per heavy atom. The number of ether oxygens (including phenoxy) is 1. The second kappa shape index (κ2) is 6.92. The van der Waals surface area contributed by atoms with Crippen LogP contribution in [0.5, 0.6) is 5.75 Å². The van der Waals surface area contributed by atoms with Crippen LogP contribution in [0.2, 0.25) is 0 Å². The third-order valence-corrected chi connectivity index (χ3v) is 3.14. The van der Waals surface area contributed by atoms with Gasteiger partial charge in [-0.05, 0) is 30.5 Å². The summed E-state index contributed by atoms with van der Waals surface area (Å²) >= 11 is 3.52. The molecule has 0 amide bonds. The summed E-state index contributed by atoms with van der Waals surface area (Å²) in [4.78, 5) is 0. The number of hydrogen-bond donors (Lipinski definition) is 1. The maximum absolute atomic E-state index is 5.72. The van der Waals surface area contributed by atoms with Crippen molar-refractivity contribution < 1.29 is 4.74 Å². The molecule has 0 heterocycles. The van der Waals surface area contributed by atoms with Gasteiger partial charge in [0, 0.05) is 16.6 Å². The fourth-order valence-corrected chi connectivity index (χ4v) is 2.43. The zero-order valence-electron chi connectivity index (χ0n) is 10.1. The van der Waals surface area contributed by atoms with E-state index in [4.69, 9.17) is 10.5 Å². The van der Waals surface area contributed by atoms with Crippen molar-refractivity contribution >= 4 is 15.9 Å². The maximum atomic E-state index is 5.72. The summed E-state index contributed by atoms with van der Waals surface area (Å²) in [6, 6.07) is 4.16. The summed E-state index contributed by atoms with van der Waals surface area (Å²) in [5.74, 6) is 0.960. The lowest BCUT2D eigenvalue weighted by Crippen LogP contribution is -2.03. The zero-order chi connectivity index (χ0) is 12.0. The third kappa shape index (κ3) is 3.49. The number of unbranched alkanes of at least 4 members (excludes halogenated alkanes) is 2. The minimum atomic E-state index is 0.517. The summed E-state index contributed by atoms with van der Waals surface area (Å²) in [7, 11) is 1.71. The van der Waals surface area contributed by atoms with Crippen LogP contribution in [0.25, 0.3) is 0 Å². The topological polar surface area (TPSA) is 35.2 Å². The molecule has 0 saturated carbocycles. The number of benzene rings is 1. The Kier molecular flexibility index (Phi) is 5.85. The van der Waals surface area contributed by atoms with Gasteiger partial charge in [0.15, 0.2) is 0 Å². The van der Waals surface area contributed by atoms with Crippen molar-refractivity contribution in [1.29, 1.82) is 0 Å². The van der Waals surface area contributed by atoms with Crippen LogP contribution in [0.15, 0.2) is 16.6 Å². The molecule has 0 spiro atoms. The number of halogens is 1. The monoisotopic (exact) mass is 285 g/mol. The second-order valence-electron chi connectivity index (χ2n) is 3.92. The Morgan fingerprint density at radius 2 is 1.94 bits per heavy atom. The Morgan fingerprint density at radius 1 is 1.25 bits per heavy atom. The first-order valence-corrected chi connectivity index (χ1v) is 6.57. The molecule has 1 aromatic carbocycles. The van der Waals surface area contributed by atoms with Gasteiger partial charge in [0.05, 0.1) is 7.11 Å². The minimum absolute atomic E-state index is 0.517. The fourth-order valence-electron chi connectivity index (χ4n) is 1.88. The molecule has 0 saturated heterocycles. The normalized spacial score (nSPS) is 10.5. The van der Waals surface area contributed by atoms with Crippen LogP contribution >= 0.6 is 15.9 Å². The molecule has 3 heteroatoms. The van der Waals surface area contributed by atoms with Gasteiger partial charge in [-0.1, -0.05) is 35.7 Å². The van der Waals surface area contributed by atoms with Gasteiger partial charge < -0.3 is 10.5 Å². The SMILES string of the molecule is CCCCCc1cc(Br)cc(CN)c1OC. The average Bonchev–Trinajstić information content (AvgIpc) is 2.28. The molecule has 0 aliphatic rings. The van der Waals surface area contributed by atoms with Gasteiger partial charge >= 0.3 is 0 Å². The highest BCUT2D eigenvalue weighted by molar-refractivity contribution is 9.10. The first-order chi connectivity index (χ1) is 7.72. The highest BCUT2D eigenvalue weighted by atomic mass is 79.9. The molecule has 2 N–H and O–H groups in total. The summed E-state index contributed by atoms with van der Waals surface area (Å²) in [6.45, 7) is 2.73. The van der Waals surface area contributed by atoms with Crippen molar-refractivity contribution in [1.82, 2.24) is 0 Å². The number of methoxy groups -OCH3 is 1. The van der Waals surface area contributed by atoms with E-state index in [0.717, 1.165) is 22.2 Å². The molecule has 0 fully saturated rings. The molecule has 1 aromatic rings. The molecule has 0 aliphatic carbocycles. The first kappa shape index (κ1) is 13.5. The predicted molar refractivity (Wildman–Crippen MR) is 71.8 cm³/mol. The molecule has 0 radical (unpaired) electrons. The molecule has 16 heavy (non-hydrogen) atoms. The molecule has 0 aliphatic heterocycles. The van der Waals surface area contributed by atoms with Crippen molar-refractivity contribution in [2.45, 2.75) is 39.2 Å². The second-order valence-corrected chi connectivity index (χ2v) is 4.83. The van der Waals surface area contributed by atoms with Crippen LogP contribution in [0, 0.1) is 0 Å². The highest BCUT2D eigenvalue weighted by Gasteiger charge is 2.09. The lowest BCUT2D eigenvalue weighted by molar-refractivity contribution is 0.403. The lowest BCUT2D eigenvalue weighted by Gasteiger charge is -2.13. The molecule has 0 aromatic heterocycles. The molecule has 0 atom stereocenters. The van der Waals surface area contributed by atoms with Crippen LogP contribution in [0.3, 0.4) is 0 Å². The van der Waals surface area contributed by atoms with Crippen LogP contribution in [-0.4, -0.2) is 7.11 Å². The fraction of sp³-hybridized carbons (Fsp3) is 0.538. The quantitative estimate of drug-likeness (QED) is 0.810. The minimum Gasteiger partial charge on any atom is -0.496 e. The summed E-state index contributed by atoms with van der Waals surface area (Å²) in [6.07, 6.45) is 4.75. The third-order valence-electron chi connectivity index (χ3n) is 2.68. The molecule has 0 bridgehead atoms. The van der Waals surface area contributed by atoms with Gasteiger partial charge in [-0.25, -0.2) is 0 Å². The summed E-state index contributed by atoms with van der Waals surface area (Å²) < 4.78 is 6.54. The number of nitrogens with two attached hydrogens (primary N) is 1. The molecular weight excluding hydrogens is 266 g/mol. The van der Waals surface area contributed by atoms with E-state index in [0.29, 0.717) is 6.54 Å². The number of hydrogen-bond acceptors (Lipinski definition) is 2. The van der Waals surface area contributed by atoms with Gasteiger partial charge in [-0.15, -0.1) is 0 Å². The number of aryl methyl sites for hydroxylation is 1. The van der Waals surface area contributed by atoms with E-state index in [2.05, 4.69) is 28.9 Å². The molecular formula is C13H20BrNO.